The molecule has 0 bridgehead atoms. The highest BCUT2D eigenvalue weighted by atomic mass is 32.2. The lowest BCUT2D eigenvalue weighted by atomic mass is 10.0. The van der Waals surface area contributed by atoms with Crippen LogP contribution in [0.4, 0.5) is 8.78 Å². The van der Waals surface area contributed by atoms with E-state index >= 15 is 0 Å². The van der Waals surface area contributed by atoms with Gasteiger partial charge in [0.15, 0.2) is 5.69 Å². The standard InChI is InChI=1S/C21H21F2N3OS/c1-13-9-10-17(14(2)11-13)21(22,23)12-24-19(27)18-20(26-15(3)25-18)28-16-7-5-4-6-8-16/h4-11H,12H2,1-3H3,(H,24,27)(H,25,26). The Bertz CT molecular complexity index is 987. The van der Waals surface area contributed by atoms with Crippen molar-refractivity contribution in [3.63, 3.8) is 0 Å². The summed E-state index contributed by atoms with van der Waals surface area (Å²) in [6.45, 7) is 4.42. The van der Waals surface area contributed by atoms with Crippen molar-refractivity contribution in [3.05, 3.63) is 76.7 Å². The van der Waals surface area contributed by atoms with E-state index in [1.807, 2.05) is 37.3 Å². The summed E-state index contributed by atoms with van der Waals surface area (Å²) < 4.78 is 29.3. The van der Waals surface area contributed by atoms with E-state index in [1.54, 1.807) is 26.0 Å². The molecule has 0 aliphatic carbocycles. The minimum absolute atomic E-state index is 0.0875. The number of hydrogen-bond acceptors (Lipinski definition) is 3. The Morgan fingerprint density at radius 2 is 1.86 bits per heavy atom. The highest BCUT2D eigenvalue weighted by Crippen LogP contribution is 2.31. The van der Waals surface area contributed by atoms with Crippen molar-refractivity contribution >= 4 is 17.7 Å². The van der Waals surface area contributed by atoms with E-state index in [0.29, 0.717) is 16.4 Å². The molecule has 28 heavy (non-hydrogen) atoms. The maximum Gasteiger partial charge on any atom is 0.290 e. The van der Waals surface area contributed by atoms with Crippen LogP contribution in [0, 0.1) is 20.8 Å². The molecule has 4 nitrogen and oxygen atoms in total. The Labute approximate surface area is 166 Å². The van der Waals surface area contributed by atoms with Crippen LogP contribution >= 0.6 is 11.8 Å². The molecule has 3 rings (SSSR count). The number of nitrogens with zero attached hydrogens (tertiary/aromatic N) is 1. The highest BCUT2D eigenvalue weighted by Gasteiger charge is 2.34. The van der Waals surface area contributed by atoms with Gasteiger partial charge >= 0.3 is 0 Å². The van der Waals surface area contributed by atoms with Crippen LogP contribution in [0.3, 0.4) is 0 Å². The van der Waals surface area contributed by atoms with Gasteiger partial charge < -0.3 is 10.3 Å². The van der Waals surface area contributed by atoms with E-state index < -0.39 is 18.4 Å². The van der Waals surface area contributed by atoms with Crippen molar-refractivity contribution in [1.82, 2.24) is 15.3 Å². The van der Waals surface area contributed by atoms with E-state index in [-0.39, 0.29) is 11.3 Å². The van der Waals surface area contributed by atoms with Gasteiger partial charge in [0.1, 0.15) is 10.9 Å². The lowest BCUT2D eigenvalue weighted by Crippen LogP contribution is -2.35. The lowest BCUT2D eigenvalue weighted by Gasteiger charge is -2.19. The topological polar surface area (TPSA) is 57.8 Å². The van der Waals surface area contributed by atoms with Crippen LogP contribution in [-0.2, 0) is 5.92 Å². The van der Waals surface area contributed by atoms with E-state index in [4.69, 9.17) is 0 Å². The first-order valence-electron chi connectivity index (χ1n) is 8.79. The van der Waals surface area contributed by atoms with Crippen molar-refractivity contribution in [2.45, 2.75) is 36.6 Å². The van der Waals surface area contributed by atoms with E-state index in [0.717, 1.165) is 10.5 Å². The third-order valence-corrected chi connectivity index (χ3v) is 5.22. The van der Waals surface area contributed by atoms with Crippen molar-refractivity contribution in [2.24, 2.45) is 0 Å². The fourth-order valence-electron chi connectivity index (χ4n) is 2.90. The van der Waals surface area contributed by atoms with Crippen LogP contribution in [0.25, 0.3) is 0 Å². The predicted molar refractivity (Wildman–Crippen MR) is 106 cm³/mol. The van der Waals surface area contributed by atoms with Crippen molar-refractivity contribution < 1.29 is 13.6 Å². The van der Waals surface area contributed by atoms with Crippen LogP contribution in [0.1, 0.15) is 33.0 Å². The summed E-state index contributed by atoms with van der Waals surface area (Å²) in [5.74, 6) is -3.26. The molecule has 0 spiro atoms. The summed E-state index contributed by atoms with van der Waals surface area (Å²) in [6.07, 6.45) is 0. The fraction of sp³-hybridized carbons (Fsp3) is 0.238. The Morgan fingerprint density at radius 1 is 1.14 bits per heavy atom. The van der Waals surface area contributed by atoms with Gasteiger partial charge in [0.25, 0.3) is 11.8 Å². The van der Waals surface area contributed by atoms with Gasteiger partial charge in [0.2, 0.25) is 0 Å². The zero-order valence-electron chi connectivity index (χ0n) is 15.8. The van der Waals surface area contributed by atoms with Crippen LogP contribution in [0.5, 0.6) is 0 Å². The normalized spacial score (nSPS) is 11.5. The predicted octanol–water partition coefficient (Wildman–Crippen LogP) is 5.01. The Hall–Kier alpha value is -2.67. The molecule has 0 aliphatic rings. The number of imidazole rings is 1. The molecule has 1 heterocycles. The maximum atomic E-state index is 14.6. The molecule has 0 radical (unpaired) electrons. The second-order valence-corrected chi connectivity index (χ2v) is 7.70. The average Bonchev–Trinajstić information content (AvgIpc) is 3.00. The molecule has 0 saturated carbocycles. The minimum atomic E-state index is -3.18. The summed E-state index contributed by atoms with van der Waals surface area (Å²) in [6, 6.07) is 14.2. The number of aromatic amines is 1. The van der Waals surface area contributed by atoms with Gasteiger partial charge in [0.05, 0.1) is 6.54 Å². The lowest BCUT2D eigenvalue weighted by molar-refractivity contribution is -0.00314. The molecule has 0 saturated heterocycles. The number of carbonyl (C=O) groups is 1. The molecular weight excluding hydrogens is 380 g/mol. The van der Waals surface area contributed by atoms with Crippen molar-refractivity contribution in [1.29, 1.82) is 0 Å². The molecule has 0 fully saturated rings. The number of halogens is 2. The van der Waals surface area contributed by atoms with Gasteiger partial charge in [-0.15, -0.1) is 0 Å². The largest absolute Gasteiger partial charge is 0.344 e. The zero-order chi connectivity index (χ0) is 20.3. The second-order valence-electron chi connectivity index (χ2n) is 6.62. The quantitative estimate of drug-likeness (QED) is 0.611. The number of amides is 1. The first-order valence-corrected chi connectivity index (χ1v) is 9.61. The molecule has 2 aromatic carbocycles. The van der Waals surface area contributed by atoms with Gasteiger partial charge in [-0.2, -0.15) is 8.78 Å². The number of aryl methyl sites for hydroxylation is 3. The molecule has 1 amide bonds. The molecular formula is C21H21F2N3OS. The molecule has 1 aromatic heterocycles. The number of aromatic nitrogens is 2. The van der Waals surface area contributed by atoms with E-state index in [9.17, 15) is 13.6 Å². The van der Waals surface area contributed by atoms with Crippen LogP contribution in [-0.4, -0.2) is 22.4 Å². The van der Waals surface area contributed by atoms with E-state index in [2.05, 4.69) is 15.3 Å². The number of H-pyrrole nitrogens is 1. The summed E-state index contributed by atoms with van der Waals surface area (Å²) in [4.78, 5) is 20.7. The van der Waals surface area contributed by atoms with Gasteiger partial charge in [-0.3, -0.25) is 4.79 Å². The summed E-state index contributed by atoms with van der Waals surface area (Å²) in [5.41, 5.74) is 1.43. The van der Waals surface area contributed by atoms with Crippen LogP contribution in [0.2, 0.25) is 0 Å². The summed E-state index contributed by atoms with van der Waals surface area (Å²) in [7, 11) is 0. The summed E-state index contributed by atoms with van der Waals surface area (Å²) >= 11 is 1.33. The van der Waals surface area contributed by atoms with Crippen molar-refractivity contribution in [3.8, 4) is 0 Å². The number of nitrogens with one attached hydrogen (secondary N) is 2. The molecule has 0 aliphatic heterocycles. The third-order valence-electron chi connectivity index (χ3n) is 4.21. The Kier molecular flexibility index (Phi) is 5.84. The molecule has 7 heteroatoms. The average molecular weight is 401 g/mol. The monoisotopic (exact) mass is 401 g/mol. The molecule has 146 valence electrons. The Balaban J connectivity index is 1.74. The van der Waals surface area contributed by atoms with Crippen molar-refractivity contribution in [2.75, 3.05) is 6.54 Å². The maximum absolute atomic E-state index is 14.6. The SMILES string of the molecule is Cc1ccc(C(F)(F)CNC(=O)c2nc(C)[nH]c2Sc2ccccc2)c(C)c1. The summed E-state index contributed by atoms with van der Waals surface area (Å²) in [5, 5.41) is 2.86. The number of rotatable bonds is 6. The highest BCUT2D eigenvalue weighted by molar-refractivity contribution is 7.99. The molecule has 0 atom stereocenters. The molecule has 2 N–H and O–H groups in total. The van der Waals surface area contributed by atoms with E-state index in [1.165, 1.54) is 17.8 Å². The van der Waals surface area contributed by atoms with Crippen LogP contribution in [0.15, 0.2) is 58.5 Å². The number of alkyl halides is 2. The second kappa shape index (κ2) is 8.14. The number of benzene rings is 2. The van der Waals surface area contributed by atoms with Gasteiger partial charge in [-0.25, -0.2) is 4.98 Å². The fourth-order valence-corrected chi connectivity index (χ4v) is 3.86. The van der Waals surface area contributed by atoms with Gasteiger partial charge in [0, 0.05) is 10.5 Å². The van der Waals surface area contributed by atoms with Crippen LogP contribution < -0.4 is 5.32 Å². The number of hydrogen-bond donors (Lipinski definition) is 2. The minimum Gasteiger partial charge on any atom is -0.344 e. The first kappa shape index (κ1) is 20.1. The molecule has 3 aromatic rings. The zero-order valence-corrected chi connectivity index (χ0v) is 16.7. The van der Waals surface area contributed by atoms with Gasteiger partial charge in [-0.05, 0) is 38.5 Å². The molecule has 0 unspecified atom stereocenters. The smallest absolute Gasteiger partial charge is 0.290 e. The first-order chi connectivity index (χ1) is 13.3. The van der Waals surface area contributed by atoms with Gasteiger partial charge in [-0.1, -0.05) is 53.7 Å². The number of carbonyl (C=O) groups excluding carboxylic acids is 1. The Morgan fingerprint density at radius 3 is 2.54 bits per heavy atom. The third kappa shape index (κ3) is 4.59.